The zero-order chi connectivity index (χ0) is 13.9. The van der Waals surface area contributed by atoms with Crippen LogP contribution >= 0.6 is 22.6 Å². The summed E-state index contributed by atoms with van der Waals surface area (Å²) < 4.78 is 52.3. The van der Waals surface area contributed by atoms with E-state index in [2.05, 4.69) is 9.72 Å². The standard InChI is InChI=1S/C9H6F4INO3/c10-3-4-5(14)1-7(18-9(11,12)13)15-6(4)2-8(16)17/h1H,2-3H2,(H,16,17). The minimum Gasteiger partial charge on any atom is -0.481 e. The molecule has 0 saturated heterocycles. The molecule has 0 amide bonds. The van der Waals surface area contributed by atoms with E-state index in [1.807, 2.05) is 0 Å². The fraction of sp³-hybridized carbons (Fsp3) is 0.333. The number of carboxylic acid groups (broad SMARTS) is 1. The summed E-state index contributed by atoms with van der Waals surface area (Å²) in [6.45, 7) is -1.01. The van der Waals surface area contributed by atoms with Crippen LogP contribution in [0, 0.1) is 3.57 Å². The van der Waals surface area contributed by atoms with Gasteiger partial charge in [-0.3, -0.25) is 4.79 Å². The fourth-order valence-electron chi connectivity index (χ4n) is 1.17. The van der Waals surface area contributed by atoms with Crippen LogP contribution < -0.4 is 4.74 Å². The van der Waals surface area contributed by atoms with Crippen molar-refractivity contribution in [3.8, 4) is 5.88 Å². The maximum atomic E-state index is 12.7. The highest BCUT2D eigenvalue weighted by Crippen LogP contribution is 2.26. The maximum Gasteiger partial charge on any atom is 0.574 e. The van der Waals surface area contributed by atoms with E-state index in [1.165, 1.54) is 0 Å². The number of halogens is 5. The summed E-state index contributed by atoms with van der Waals surface area (Å²) in [5.74, 6) is -2.13. The van der Waals surface area contributed by atoms with Gasteiger partial charge in [0.1, 0.15) is 6.67 Å². The summed E-state index contributed by atoms with van der Waals surface area (Å²) >= 11 is 1.59. The Labute approximate surface area is 112 Å². The highest BCUT2D eigenvalue weighted by atomic mass is 127. The predicted octanol–water partition coefficient (Wildman–Crippen LogP) is 2.68. The normalized spacial score (nSPS) is 11.4. The van der Waals surface area contributed by atoms with Gasteiger partial charge in [-0.1, -0.05) is 0 Å². The number of nitrogens with zero attached hydrogens (tertiary/aromatic N) is 1. The van der Waals surface area contributed by atoms with E-state index in [9.17, 15) is 22.4 Å². The largest absolute Gasteiger partial charge is 0.574 e. The molecule has 0 aliphatic carbocycles. The summed E-state index contributed by atoms with van der Waals surface area (Å²) in [5.41, 5.74) is -0.330. The summed E-state index contributed by atoms with van der Waals surface area (Å²) in [5, 5.41) is 8.57. The number of hydrogen-bond acceptors (Lipinski definition) is 3. The Kier molecular flexibility index (Phi) is 4.71. The van der Waals surface area contributed by atoms with Gasteiger partial charge in [-0.2, -0.15) is 0 Å². The summed E-state index contributed by atoms with van der Waals surface area (Å²) in [6.07, 6.45) is -5.61. The lowest BCUT2D eigenvalue weighted by Crippen LogP contribution is -2.19. The third-order valence-electron chi connectivity index (χ3n) is 1.80. The van der Waals surface area contributed by atoms with Crippen molar-refractivity contribution < 1.29 is 32.2 Å². The third kappa shape index (κ3) is 4.27. The first kappa shape index (κ1) is 14.9. The van der Waals surface area contributed by atoms with Gasteiger partial charge in [0.15, 0.2) is 0 Å². The second kappa shape index (κ2) is 5.67. The van der Waals surface area contributed by atoms with Crippen LogP contribution in [-0.2, 0) is 17.9 Å². The number of rotatable bonds is 4. The fourth-order valence-corrected chi connectivity index (χ4v) is 1.89. The molecule has 1 aromatic heterocycles. The Morgan fingerprint density at radius 2 is 2.11 bits per heavy atom. The number of alkyl halides is 4. The van der Waals surface area contributed by atoms with Gasteiger partial charge in [-0.05, 0) is 22.6 Å². The molecule has 0 atom stereocenters. The van der Waals surface area contributed by atoms with Gasteiger partial charge in [0.2, 0.25) is 5.88 Å². The minimum absolute atomic E-state index is 0.0486. The first-order chi connectivity index (χ1) is 8.23. The predicted molar refractivity (Wildman–Crippen MR) is 59.8 cm³/mol. The highest BCUT2D eigenvalue weighted by molar-refractivity contribution is 14.1. The SMILES string of the molecule is O=C(O)Cc1nc(OC(F)(F)F)cc(I)c1CF. The third-order valence-corrected chi connectivity index (χ3v) is 2.77. The van der Waals surface area contributed by atoms with Gasteiger partial charge in [-0.25, -0.2) is 9.37 Å². The van der Waals surface area contributed by atoms with Crippen molar-refractivity contribution in [1.82, 2.24) is 4.98 Å². The van der Waals surface area contributed by atoms with Gasteiger partial charge >= 0.3 is 12.3 Å². The van der Waals surface area contributed by atoms with E-state index in [1.54, 1.807) is 22.6 Å². The van der Waals surface area contributed by atoms with Gasteiger partial charge < -0.3 is 9.84 Å². The monoisotopic (exact) mass is 379 g/mol. The molecule has 0 spiro atoms. The molecule has 9 heteroatoms. The van der Waals surface area contributed by atoms with E-state index in [0.717, 1.165) is 6.07 Å². The Balaban J connectivity index is 3.17. The molecule has 0 aromatic carbocycles. The number of aromatic nitrogens is 1. The van der Waals surface area contributed by atoms with Crippen LogP contribution in [0.25, 0.3) is 0 Å². The zero-order valence-electron chi connectivity index (χ0n) is 8.59. The number of ether oxygens (including phenoxy) is 1. The van der Waals surface area contributed by atoms with E-state index >= 15 is 0 Å². The van der Waals surface area contributed by atoms with Crippen LogP contribution in [0.15, 0.2) is 6.07 Å². The van der Waals surface area contributed by atoms with Crippen LogP contribution in [0.2, 0.25) is 0 Å². The molecule has 0 unspecified atom stereocenters. The van der Waals surface area contributed by atoms with Crippen LogP contribution in [0.1, 0.15) is 11.3 Å². The van der Waals surface area contributed by atoms with Crippen molar-refractivity contribution in [3.05, 3.63) is 20.9 Å². The van der Waals surface area contributed by atoms with Crippen LogP contribution in [0.5, 0.6) is 5.88 Å². The highest BCUT2D eigenvalue weighted by Gasteiger charge is 2.32. The Hall–Kier alpha value is -1.13. The molecule has 1 rings (SSSR count). The topological polar surface area (TPSA) is 59.4 Å². The Morgan fingerprint density at radius 3 is 2.56 bits per heavy atom. The lowest BCUT2D eigenvalue weighted by molar-refractivity contribution is -0.276. The van der Waals surface area contributed by atoms with Gasteiger partial charge in [0.25, 0.3) is 0 Å². The summed E-state index contributed by atoms with van der Waals surface area (Å²) in [4.78, 5) is 13.9. The van der Waals surface area contributed by atoms with Crippen molar-refractivity contribution in [3.63, 3.8) is 0 Å². The molecule has 1 aromatic rings. The first-order valence-electron chi connectivity index (χ1n) is 4.44. The molecular formula is C9H6F4INO3. The maximum absolute atomic E-state index is 12.7. The van der Waals surface area contributed by atoms with Crippen molar-refractivity contribution in [1.29, 1.82) is 0 Å². The quantitative estimate of drug-likeness (QED) is 0.646. The molecule has 0 saturated carbocycles. The lowest BCUT2D eigenvalue weighted by Gasteiger charge is -2.12. The first-order valence-corrected chi connectivity index (χ1v) is 5.52. The summed E-state index contributed by atoms with van der Waals surface area (Å²) in [7, 11) is 0. The molecule has 0 bridgehead atoms. The van der Waals surface area contributed by atoms with Crippen LogP contribution in [0.4, 0.5) is 17.6 Å². The smallest absolute Gasteiger partial charge is 0.481 e. The number of carbonyl (C=O) groups is 1. The van der Waals surface area contributed by atoms with Gasteiger partial charge in [0, 0.05) is 15.2 Å². The molecular weight excluding hydrogens is 373 g/mol. The average Bonchev–Trinajstić information content (AvgIpc) is 2.13. The molecule has 18 heavy (non-hydrogen) atoms. The second-order valence-corrected chi connectivity index (χ2v) is 4.28. The Morgan fingerprint density at radius 1 is 1.50 bits per heavy atom. The number of aliphatic carboxylic acids is 1. The van der Waals surface area contributed by atoms with Gasteiger partial charge in [0.05, 0.1) is 12.1 Å². The number of carboxylic acids is 1. The van der Waals surface area contributed by atoms with E-state index in [0.29, 0.717) is 0 Å². The van der Waals surface area contributed by atoms with E-state index < -0.39 is 31.3 Å². The number of pyridine rings is 1. The van der Waals surface area contributed by atoms with E-state index in [4.69, 9.17) is 5.11 Å². The molecule has 1 heterocycles. The average molecular weight is 379 g/mol. The van der Waals surface area contributed by atoms with Crippen molar-refractivity contribution in [2.45, 2.75) is 19.5 Å². The van der Waals surface area contributed by atoms with Crippen LogP contribution in [-0.4, -0.2) is 22.4 Å². The van der Waals surface area contributed by atoms with Crippen molar-refractivity contribution in [2.75, 3.05) is 0 Å². The zero-order valence-corrected chi connectivity index (χ0v) is 10.7. The van der Waals surface area contributed by atoms with Crippen LogP contribution in [0.3, 0.4) is 0 Å². The molecule has 0 fully saturated rings. The van der Waals surface area contributed by atoms with Crippen molar-refractivity contribution >= 4 is 28.6 Å². The summed E-state index contributed by atoms with van der Waals surface area (Å²) in [6, 6.07) is 0.897. The minimum atomic E-state index is -4.94. The molecule has 0 radical (unpaired) electrons. The Bertz CT molecular complexity index is 464. The van der Waals surface area contributed by atoms with E-state index in [-0.39, 0.29) is 14.8 Å². The molecule has 100 valence electrons. The number of hydrogen-bond donors (Lipinski definition) is 1. The lowest BCUT2D eigenvalue weighted by atomic mass is 10.1. The van der Waals surface area contributed by atoms with Gasteiger partial charge in [-0.15, -0.1) is 13.2 Å². The molecule has 0 aliphatic heterocycles. The molecule has 4 nitrogen and oxygen atoms in total. The molecule has 1 N–H and O–H groups in total. The molecule has 0 aliphatic rings. The van der Waals surface area contributed by atoms with Crippen molar-refractivity contribution in [2.24, 2.45) is 0 Å². The second-order valence-electron chi connectivity index (χ2n) is 3.12.